The molecule has 0 bridgehead atoms. The number of hydrogen-bond donors (Lipinski definition) is 1. The summed E-state index contributed by atoms with van der Waals surface area (Å²) in [7, 11) is 0. The van der Waals surface area contributed by atoms with Gasteiger partial charge in [0.05, 0.1) is 12.5 Å². The molecule has 1 aromatic rings. The molecule has 1 aromatic heterocycles. The maximum Gasteiger partial charge on any atom is 0.0934 e. The predicted molar refractivity (Wildman–Crippen MR) is 68.5 cm³/mol. The Hall–Kier alpha value is -0.760. The van der Waals surface area contributed by atoms with Crippen LogP contribution in [0, 0.1) is 11.8 Å². The highest BCUT2D eigenvalue weighted by Gasteiger charge is 2.20. The van der Waals surface area contributed by atoms with E-state index in [-0.39, 0.29) is 0 Å². The third-order valence-corrected chi connectivity index (χ3v) is 3.27. The number of nitrogens with one attached hydrogen (secondary N) is 1. The Morgan fingerprint density at radius 3 is 2.56 bits per heavy atom. The quantitative estimate of drug-likeness (QED) is 0.765. The van der Waals surface area contributed by atoms with Crippen molar-refractivity contribution < 1.29 is 4.42 Å². The van der Waals surface area contributed by atoms with E-state index in [1.807, 2.05) is 6.26 Å². The van der Waals surface area contributed by atoms with E-state index >= 15 is 0 Å². The van der Waals surface area contributed by atoms with E-state index in [4.69, 9.17) is 4.42 Å². The van der Waals surface area contributed by atoms with Crippen molar-refractivity contribution in [3.8, 4) is 0 Å². The van der Waals surface area contributed by atoms with Crippen molar-refractivity contribution in [2.24, 2.45) is 11.8 Å². The molecule has 1 heterocycles. The van der Waals surface area contributed by atoms with Gasteiger partial charge in [-0.15, -0.1) is 0 Å². The summed E-state index contributed by atoms with van der Waals surface area (Å²) >= 11 is 0. The summed E-state index contributed by atoms with van der Waals surface area (Å²) in [6.07, 6.45) is 5.92. The molecule has 0 fully saturated rings. The van der Waals surface area contributed by atoms with Gasteiger partial charge in [-0.1, -0.05) is 20.8 Å². The van der Waals surface area contributed by atoms with Crippen LogP contribution < -0.4 is 5.32 Å². The summed E-state index contributed by atoms with van der Waals surface area (Å²) in [6, 6.07) is 2.64. The highest BCUT2D eigenvalue weighted by Crippen LogP contribution is 2.21. The van der Waals surface area contributed by atoms with Gasteiger partial charge in [0.15, 0.2) is 0 Å². The fourth-order valence-electron chi connectivity index (χ4n) is 2.19. The topological polar surface area (TPSA) is 25.2 Å². The van der Waals surface area contributed by atoms with Gasteiger partial charge in [-0.3, -0.25) is 0 Å². The molecule has 16 heavy (non-hydrogen) atoms. The average molecular weight is 223 g/mol. The van der Waals surface area contributed by atoms with Gasteiger partial charge in [-0.05, 0) is 49.8 Å². The Balaban J connectivity index is 2.53. The molecule has 0 saturated heterocycles. The summed E-state index contributed by atoms with van der Waals surface area (Å²) in [5.41, 5.74) is 1.31. The van der Waals surface area contributed by atoms with Crippen LogP contribution in [-0.4, -0.2) is 12.6 Å². The molecule has 1 N–H and O–H groups in total. The molecule has 1 rings (SSSR count). The van der Waals surface area contributed by atoms with Crippen LogP contribution in [-0.2, 0) is 6.42 Å². The second kappa shape index (κ2) is 6.74. The maximum absolute atomic E-state index is 5.14. The van der Waals surface area contributed by atoms with Gasteiger partial charge in [0, 0.05) is 6.04 Å². The van der Waals surface area contributed by atoms with Crippen LogP contribution in [0.5, 0.6) is 0 Å². The van der Waals surface area contributed by atoms with Crippen LogP contribution in [0.4, 0.5) is 0 Å². The van der Waals surface area contributed by atoms with Crippen LogP contribution in [0.15, 0.2) is 23.0 Å². The molecule has 0 radical (unpaired) electrons. The summed E-state index contributed by atoms with van der Waals surface area (Å²) < 4.78 is 5.14. The lowest BCUT2D eigenvalue weighted by atomic mass is 9.84. The normalized spacial score (nSPS) is 15.3. The first kappa shape index (κ1) is 13.3. The molecule has 0 aromatic carbocycles. The van der Waals surface area contributed by atoms with Crippen molar-refractivity contribution in [3.05, 3.63) is 24.2 Å². The summed E-state index contributed by atoms with van der Waals surface area (Å²) in [4.78, 5) is 0. The zero-order valence-corrected chi connectivity index (χ0v) is 11.0. The van der Waals surface area contributed by atoms with Gasteiger partial charge in [0.2, 0.25) is 0 Å². The lowest BCUT2D eigenvalue weighted by molar-refractivity contribution is 0.288. The Morgan fingerprint density at radius 1 is 1.31 bits per heavy atom. The lowest BCUT2D eigenvalue weighted by Crippen LogP contribution is -2.37. The van der Waals surface area contributed by atoms with Crippen LogP contribution >= 0.6 is 0 Å². The molecule has 2 nitrogen and oxygen atoms in total. The molecule has 2 atom stereocenters. The highest BCUT2D eigenvalue weighted by molar-refractivity contribution is 5.07. The summed E-state index contributed by atoms with van der Waals surface area (Å²) in [6.45, 7) is 10.2. The predicted octanol–water partition coefficient (Wildman–Crippen LogP) is 3.48. The first-order valence-electron chi connectivity index (χ1n) is 6.39. The fraction of sp³-hybridized carbons (Fsp3) is 0.714. The number of hydrogen-bond acceptors (Lipinski definition) is 2. The van der Waals surface area contributed by atoms with Gasteiger partial charge in [0.25, 0.3) is 0 Å². The van der Waals surface area contributed by atoms with Crippen molar-refractivity contribution in [1.82, 2.24) is 5.32 Å². The zero-order valence-electron chi connectivity index (χ0n) is 11.0. The lowest BCUT2D eigenvalue weighted by Gasteiger charge is -2.28. The smallest absolute Gasteiger partial charge is 0.0934 e. The molecule has 0 spiro atoms. The number of rotatable bonds is 7. The minimum Gasteiger partial charge on any atom is -0.472 e. The van der Waals surface area contributed by atoms with Gasteiger partial charge in [-0.2, -0.15) is 0 Å². The first-order valence-corrected chi connectivity index (χ1v) is 6.39. The Morgan fingerprint density at radius 2 is 2.06 bits per heavy atom. The minimum atomic E-state index is 0.565. The van der Waals surface area contributed by atoms with Crippen molar-refractivity contribution >= 4 is 0 Å². The van der Waals surface area contributed by atoms with Crippen LogP contribution in [0.1, 0.15) is 39.7 Å². The highest BCUT2D eigenvalue weighted by atomic mass is 16.3. The van der Waals surface area contributed by atoms with Crippen LogP contribution in [0.2, 0.25) is 0 Å². The molecule has 0 saturated carbocycles. The summed E-state index contributed by atoms with van der Waals surface area (Å²) in [5, 5.41) is 3.60. The minimum absolute atomic E-state index is 0.565. The third-order valence-electron chi connectivity index (χ3n) is 3.27. The van der Waals surface area contributed by atoms with E-state index in [2.05, 4.69) is 39.1 Å². The van der Waals surface area contributed by atoms with Crippen molar-refractivity contribution in [3.63, 3.8) is 0 Å². The van der Waals surface area contributed by atoms with E-state index in [9.17, 15) is 0 Å². The van der Waals surface area contributed by atoms with E-state index in [0.717, 1.165) is 13.0 Å². The standard InChI is InChI=1S/C14H25NO/c1-5-7-15-12(4)14(11(2)3)9-13-6-8-16-10-13/h6,8,10-12,14-15H,5,7,9H2,1-4H3. The largest absolute Gasteiger partial charge is 0.472 e. The second-order valence-corrected chi connectivity index (χ2v) is 4.99. The van der Waals surface area contributed by atoms with Gasteiger partial charge in [0.1, 0.15) is 0 Å². The van der Waals surface area contributed by atoms with E-state index in [1.54, 1.807) is 6.26 Å². The molecule has 0 aliphatic heterocycles. The van der Waals surface area contributed by atoms with Crippen molar-refractivity contribution in [1.29, 1.82) is 0 Å². The molecule has 2 heteroatoms. The Labute approximate surface area is 99.4 Å². The molecule has 2 unspecified atom stereocenters. The Kier molecular flexibility index (Phi) is 5.61. The molecular weight excluding hydrogens is 198 g/mol. The van der Waals surface area contributed by atoms with E-state index in [0.29, 0.717) is 17.9 Å². The molecule has 0 aliphatic rings. The van der Waals surface area contributed by atoms with Crippen molar-refractivity contribution in [2.75, 3.05) is 6.54 Å². The van der Waals surface area contributed by atoms with Gasteiger partial charge < -0.3 is 9.73 Å². The third kappa shape index (κ3) is 4.01. The SMILES string of the molecule is CCCNC(C)C(Cc1ccoc1)C(C)C. The fourth-order valence-corrected chi connectivity index (χ4v) is 2.19. The van der Waals surface area contributed by atoms with Crippen LogP contribution in [0.25, 0.3) is 0 Å². The molecule has 0 amide bonds. The van der Waals surface area contributed by atoms with E-state index < -0.39 is 0 Å². The Bertz CT molecular complexity index is 266. The average Bonchev–Trinajstić information content (AvgIpc) is 2.74. The molecular formula is C14H25NO. The molecule has 0 aliphatic carbocycles. The first-order chi connectivity index (χ1) is 7.65. The molecule has 92 valence electrons. The summed E-state index contributed by atoms with van der Waals surface area (Å²) in [5.74, 6) is 1.36. The van der Waals surface area contributed by atoms with E-state index in [1.165, 1.54) is 12.0 Å². The zero-order chi connectivity index (χ0) is 12.0. The maximum atomic E-state index is 5.14. The van der Waals surface area contributed by atoms with Crippen LogP contribution in [0.3, 0.4) is 0 Å². The number of furan rings is 1. The van der Waals surface area contributed by atoms with Crippen molar-refractivity contribution in [2.45, 2.75) is 46.6 Å². The van der Waals surface area contributed by atoms with Gasteiger partial charge >= 0.3 is 0 Å². The second-order valence-electron chi connectivity index (χ2n) is 4.99. The monoisotopic (exact) mass is 223 g/mol. The van der Waals surface area contributed by atoms with Gasteiger partial charge in [-0.25, -0.2) is 0 Å².